The van der Waals surface area contributed by atoms with Crippen molar-refractivity contribution < 1.29 is 9.85 Å². The van der Waals surface area contributed by atoms with E-state index in [1.165, 1.54) is 0 Å². The normalized spacial score (nSPS) is 10.3. The van der Waals surface area contributed by atoms with Gasteiger partial charge in [0.2, 0.25) is 0 Å². The van der Waals surface area contributed by atoms with Crippen LogP contribution < -0.4 is 5.32 Å². The Morgan fingerprint density at radius 1 is 1.33 bits per heavy atom. The molecule has 0 atom stereocenters. The third-order valence-corrected chi connectivity index (χ3v) is 2.50. The molecule has 7 nitrogen and oxygen atoms in total. The van der Waals surface area contributed by atoms with Crippen molar-refractivity contribution in [1.29, 1.82) is 0 Å². The molecule has 0 amide bonds. The number of hydrogen-bond donors (Lipinski definition) is 1. The molecule has 0 radical (unpaired) electrons. The van der Waals surface area contributed by atoms with Gasteiger partial charge in [0.05, 0.1) is 9.85 Å². The molecule has 1 aromatic rings. The number of nitro groups is 2. The summed E-state index contributed by atoms with van der Waals surface area (Å²) in [6.07, 6.45) is 0. The van der Waals surface area contributed by atoms with Gasteiger partial charge in [-0.1, -0.05) is 0 Å². The Bertz CT molecular complexity index is 401. The molecule has 1 aromatic heterocycles. The van der Waals surface area contributed by atoms with Crippen molar-refractivity contribution in [2.24, 2.45) is 0 Å². The third kappa shape index (κ3) is 2.62. The highest BCUT2D eigenvalue weighted by Gasteiger charge is 2.25. The lowest BCUT2D eigenvalue weighted by atomic mass is 10.4. The van der Waals surface area contributed by atoms with E-state index in [0.717, 1.165) is 17.4 Å². The zero-order valence-corrected chi connectivity index (χ0v) is 8.91. The van der Waals surface area contributed by atoms with E-state index >= 15 is 0 Å². The Balaban J connectivity index is 3.11. The van der Waals surface area contributed by atoms with Crippen molar-refractivity contribution in [3.05, 3.63) is 26.3 Å². The van der Waals surface area contributed by atoms with E-state index in [0.29, 0.717) is 0 Å². The summed E-state index contributed by atoms with van der Waals surface area (Å²) in [4.78, 5) is 19.8. The molecule has 1 heterocycles. The van der Waals surface area contributed by atoms with Gasteiger partial charge in [0.1, 0.15) is 6.07 Å². The van der Waals surface area contributed by atoms with Gasteiger partial charge in [-0.2, -0.15) is 0 Å². The zero-order chi connectivity index (χ0) is 11.6. The van der Waals surface area contributed by atoms with E-state index < -0.39 is 9.85 Å². The van der Waals surface area contributed by atoms with E-state index in [-0.39, 0.29) is 21.7 Å². The maximum atomic E-state index is 10.6. The number of thiophene rings is 1. The molecule has 0 aliphatic heterocycles. The second kappa shape index (κ2) is 4.22. The fraction of sp³-hybridized carbons (Fsp3) is 0.429. The monoisotopic (exact) mass is 231 g/mol. The van der Waals surface area contributed by atoms with Gasteiger partial charge in [0.25, 0.3) is 0 Å². The first kappa shape index (κ1) is 11.4. The van der Waals surface area contributed by atoms with Crippen molar-refractivity contribution in [3.8, 4) is 0 Å². The summed E-state index contributed by atoms with van der Waals surface area (Å²) in [5, 5.41) is 23.8. The van der Waals surface area contributed by atoms with Gasteiger partial charge in [0, 0.05) is 6.04 Å². The summed E-state index contributed by atoms with van der Waals surface area (Å²) >= 11 is 0.772. The van der Waals surface area contributed by atoms with Crippen molar-refractivity contribution in [2.45, 2.75) is 19.9 Å². The molecule has 1 rings (SSSR count). The van der Waals surface area contributed by atoms with E-state index in [1.807, 2.05) is 0 Å². The average molecular weight is 231 g/mol. The summed E-state index contributed by atoms with van der Waals surface area (Å²) in [5.74, 6) is 0. The summed E-state index contributed by atoms with van der Waals surface area (Å²) in [5.41, 5.74) is -0.250. The summed E-state index contributed by atoms with van der Waals surface area (Å²) < 4.78 is 0. The fourth-order valence-corrected chi connectivity index (χ4v) is 1.95. The number of hydrogen-bond acceptors (Lipinski definition) is 6. The molecule has 15 heavy (non-hydrogen) atoms. The van der Waals surface area contributed by atoms with Crippen molar-refractivity contribution in [2.75, 3.05) is 5.32 Å². The molecule has 82 valence electrons. The minimum Gasteiger partial charge on any atom is -0.369 e. The number of nitrogens with one attached hydrogen (secondary N) is 1. The number of rotatable bonds is 4. The molecule has 0 aliphatic carbocycles. The molecule has 1 N–H and O–H groups in total. The quantitative estimate of drug-likeness (QED) is 0.633. The van der Waals surface area contributed by atoms with Crippen LogP contribution in [0, 0.1) is 20.2 Å². The Kier molecular flexibility index (Phi) is 3.20. The standard InChI is InChI=1S/C7H9N3O4S/c1-4(2)8-7-5(9(11)12)3-6(15-7)10(13)14/h3-4,8H,1-2H3. The first-order valence-corrected chi connectivity index (χ1v) is 4.92. The Morgan fingerprint density at radius 3 is 2.33 bits per heavy atom. The van der Waals surface area contributed by atoms with Gasteiger partial charge >= 0.3 is 10.7 Å². The highest BCUT2D eigenvalue weighted by atomic mass is 32.1. The van der Waals surface area contributed by atoms with E-state index in [1.54, 1.807) is 13.8 Å². The molecule has 0 aliphatic rings. The number of anilines is 1. The molecular formula is C7H9N3O4S. The van der Waals surface area contributed by atoms with Gasteiger partial charge < -0.3 is 5.32 Å². The molecule has 8 heteroatoms. The maximum Gasteiger partial charge on any atom is 0.333 e. The molecule has 0 aromatic carbocycles. The maximum absolute atomic E-state index is 10.6. The summed E-state index contributed by atoms with van der Waals surface area (Å²) in [6.45, 7) is 3.60. The van der Waals surface area contributed by atoms with Crippen LogP contribution in [0.4, 0.5) is 15.7 Å². The molecular weight excluding hydrogens is 222 g/mol. The minimum absolute atomic E-state index is 0.0121. The lowest BCUT2D eigenvalue weighted by Gasteiger charge is -2.05. The van der Waals surface area contributed by atoms with Gasteiger partial charge in [-0.05, 0) is 25.2 Å². The van der Waals surface area contributed by atoms with Crippen molar-refractivity contribution >= 4 is 27.0 Å². The molecule has 0 saturated carbocycles. The fourth-order valence-electron chi connectivity index (χ4n) is 0.960. The highest BCUT2D eigenvalue weighted by Crippen LogP contribution is 2.39. The molecule has 0 bridgehead atoms. The van der Waals surface area contributed by atoms with Crippen molar-refractivity contribution in [1.82, 2.24) is 0 Å². The minimum atomic E-state index is -0.636. The van der Waals surface area contributed by atoms with E-state index in [2.05, 4.69) is 5.32 Å². The van der Waals surface area contributed by atoms with Gasteiger partial charge in [-0.3, -0.25) is 20.2 Å². The molecule has 0 saturated heterocycles. The smallest absolute Gasteiger partial charge is 0.333 e. The molecule has 0 unspecified atom stereocenters. The Hall–Kier alpha value is -1.70. The van der Waals surface area contributed by atoms with Crippen LogP contribution in [0.1, 0.15) is 13.8 Å². The lowest BCUT2D eigenvalue weighted by Crippen LogP contribution is -2.09. The molecule has 0 spiro atoms. The van der Waals surface area contributed by atoms with Crippen LogP contribution in [0.15, 0.2) is 6.07 Å². The van der Waals surface area contributed by atoms with Crippen LogP contribution in [0.25, 0.3) is 0 Å². The largest absolute Gasteiger partial charge is 0.369 e. The Labute approximate surface area is 89.0 Å². The zero-order valence-electron chi connectivity index (χ0n) is 8.09. The van der Waals surface area contributed by atoms with Crippen LogP contribution >= 0.6 is 11.3 Å². The van der Waals surface area contributed by atoms with Crippen molar-refractivity contribution in [3.63, 3.8) is 0 Å². The van der Waals surface area contributed by atoms with E-state index in [9.17, 15) is 20.2 Å². The van der Waals surface area contributed by atoms with Crippen LogP contribution in [0.2, 0.25) is 0 Å². The van der Waals surface area contributed by atoms with Gasteiger partial charge in [-0.25, -0.2) is 0 Å². The second-order valence-corrected chi connectivity index (χ2v) is 4.14. The Morgan fingerprint density at radius 2 is 1.93 bits per heavy atom. The van der Waals surface area contributed by atoms with Gasteiger partial charge in [0.15, 0.2) is 5.00 Å². The lowest BCUT2D eigenvalue weighted by molar-refractivity contribution is -0.389. The number of nitrogens with zero attached hydrogens (tertiary/aromatic N) is 2. The topological polar surface area (TPSA) is 98.3 Å². The van der Waals surface area contributed by atoms with Crippen LogP contribution in [0.3, 0.4) is 0 Å². The molecule has 0 fully saturated rings. The first-order valence-electron chi connectivity index (χ1n) is 4.11. The van der Waals surface area contributed by atoms with Crippen LogP contribution in [-0.2, 0) is 0 Å². The van der Waals surface area contributed by atoms with E-state index in [4.69, 9.17) is 0 Å². The predicted molar refractivity (Wildman–Crippen MR) is 56.4 cm³/mol. The average Bonchev–Trinajstić information content (AvgIpc) is 2.46. The second-order valence-electron chi connectivity index (χ2n) is 3.11. The van der Waals surface area contributed by atoms with Crippen LogP contribution in [-0.4, -0.2) is 15.9 Å². The SMILES string of the molecule is CC(C)Nc1sc([N+](=O)[O-])cc1[N+](=O)[O-]. The third-order valence-electron chi connectivity index (χ3n) is 1.50. The highest BCUT2D eigenvalue weighted by molar-refractivity contribution is 7.19. The predicted octanol–water partition coefficient (Wildman–Crippen LogP) is 2.38. The van der Waals surface area contributed by atoms with Crippen LogP contribution in [0.5, 0.6) is 0 Å². The summed E-state index contributed by atoms with van der Waals surface area (Å²) in [6, 6.07) is 0.956. The van der Waals surface area contributed by atoms with Gasteiger partial charge in [-0.15, -0.1) is 0 Å². The summed E-state index contributed by atoms with van der Waals surface area (Å²) in [7, 11) is 0. The first-order chi connectivity index (χ1) is 6.91.